The Morgan fingerprint density at radius 1 is 1.08 bits per heavy atom. The average molecular weight is 569 g/mol. The van der Waals surface area contributed by atoms with Crippen molar-refractivity contribution in [3.63, 3.8) is 0 Å². The molecule has 2 aromatic carbocycles. The SMILES string of the molecule is CCOc1cc(C(Nc2ccc(C(=N)N)cc2)C(=O)NNC(=O)c2ccncc2Br)ccc1OC(C)C. The van der Waals surface area contributed by atoms with Crippen molar-refractivity contribution in [1.82, 2.24) is 15.8 Å². The summed E-state index contributed by atoms with van der Waals surface area (Å²) >= 11 is 3.28. The second kappa shape index (κ2) is 12.7. The normalized spacial score (nSPS) is 11.4. The molecule has 0 spiro atoms. The second-order valence-corrected chi connectivity index (χ2v) is 9.03. The van der Waals surface area contributed by atoms with Gasteiger partial charge in [-0.15, -0.1) is 0 Å². The Morgan fingerprint density at radius 3 is 2.43 bits per heavy atom. The van der Waals surface area contributed by atoms with Gasteiger partial charge in [0.15, 0.2) is 11.5 Å². The number of anilines is 1. The van der Waals surface area contributed by atoms with Gasteiger partial charge >= 0.3 is 0 Å². The first-order valence-electron chi connectivity index (χ1n) is 11.5. The zero-order chi connectivity index (χ0) is 26.9. The molecule has 0 fully saturated rings. The molecule has 37 heavy (non-hydrogen) atoms. The maximum Gasteiger partial charge on any atom is 0.270 e. The molecule has 0 saturated heterocycles. The van der Waals surface area contributed by atoms with Crippen LogP contribution in [0.3, 0.4) is 0 Å². The number of carbonyl (C=O) groups excluding carboxylic acids is 2. The minimum Gasteiger partial charge on any atom is -0.490 e. The van der Waals surface area contributed by atoms with Crippen LogP contribution in [0.5, 0.6) is 11.5 Å². The standard InChI is InChI=1S/C26H29BrN6O4/c1-4-36-22-13-17(7-10-21(22)37-15(2)3)23(31-18-8-5-16(6-9-18)24(28)29)26(35)33-32-25(34)19-11-12-30-14-20(19)27/h5-15,23,31H,4H2,1-3H3,(H3,28,29)(H,32,34)(H,33,35). The summed E-state index contributed by atoms with van der Waals surface area (Å²) in [7, 11) is 0. The molecule has 1 heterocycles. The number of carbonyl (C=O) groups is 2. The summed E-state index contributed by atoms with van der Waals surface area (Å²) in [4.78, 5) is 29.9. The monoisotopic (exact) mass is 568 g/mol. The summed E-state index contributed by atoms with van der Waals surface area (Å²) in [5.74, 6) is -0.0451. The van der Waals surface area contributed by atoms with E-state index in [1.807, 2.05) is 20.8 Å². The van der Waals surface area contributed by atoms with Gasteiger partial charge in [0, 0.05) is 28.1 Å². The highest BCUT2D eigenvalue weighted by Gasteiger charge is 2.24. The fourth-order valence-corrected chi connectivity index (χ4v) is 3.78. The first-order chi connectivity index (χ1) is 17.7. The van der Waals surface area contributed by atoms with Gasteiger partial charge in [-0.05, 0) is 84.7 Å². The maximum atomic E-state index is 13.3. The summed E-state index contributed by atoms with van der Waals surface area (Å²) < 4.78 is 12.1. The summed E-state index contributed by atoms with van der Waals surface area (Å²) in [6.07, 6.45) is 2.90. The Labute approximate surface area is 223 Å². The lowest BCUT2D eigenvalue weighted by molar-refractivity contribution is -0.122. The average Bonchev–Trinajstić information content (AvgIpc) is 2.87. The quantitative estimate of drug-likeness (QED) is 0.141. The molecular formula is C26H29BrN6O4. The number of nitrogen functional groups attached to an aromatic ring is 1. The van der Waals surface area contributed by atoms with Crippen LogP contribution >= 0.6 is 15.9 Å². The smallest absolute Gasteiger partial charge is 0.270 e. The molecule has 3 aromatic rings. The Hall–Kier alpha value is -4.12. The Balaban J connectivity index is 1.89. The van der Waals surface area contributed by atoms with Crippen molar-refractivity contribution in [3.05, 3.63) is 82.1 Å². The van der Waals surface area contributed by atoms with Crippen LogP contribution in [0.25, 0.3) is 0 Å². The Bertz CT molecular complexity index is 1270. The highest BCUT2D eigenvalue weighted by atomic mass is 79.9. The zero-order valence-electron chi connectivity index (χ0n) is 20.7. The minimum absolute atomic E-state index is 0.0621. The van der Waals surface area contributed by atoms with Gasteiger partial charge in [-0.3, -0.25) is 30.8 Å². The first-order valence-corrected chi connectivity index (χ1v) is 12.3. The molecule has 10 nitrogen and oxygen atoms in total. The Kier molecular flexibility index (Phi) is 9.45. The molecule has 0 aliphatic rings. The van der Waals surface area contributed by atoms with E-state index >= 15 is 0 Å². The van der Waals surface area contributed by atoms with E-state index in [0.717, 1.165) is 0 Å². The van der Waals surface area contributed by atoms with Crippen molar-refractivity contribution in [2.24, 2.45) is 5.73 Å². The van der Waals surface area contributed by atoms with Crippen molar-refractivity contribution >= 4 is 39.3 Å². The number of ether oxygens (including phenoxy) is 2. The lowest BCUT2D eigenvalue weighted by Gasteiger charge is -2.22. The van der Waals surface area contributed by atoms with Crippen LogP contribution in [-0.2, 0) is 4.79 Å². The number of hydrogen-bond acceptors (Lipinski definition) is 7. The topological polar surface area (TPSA) is 151 Å². The number of aromatic nitrogens is 1. The molecule has 0 bridgehead atoms. The van der Waals surface area contributed by atoms with E-state index in [0.29, 0.717) is 45.0 Å². The highest BCUT2D eigenvalue weighted by Crippen LogP contribution is 2.33. The number of nitrogens with two attached hydrogens (primary N) is 1. The van der Waals surface area contributed by atoms with E-state index in [-0.39, 0.29) is 11.9 Å². The van der Waals surface area contributed by atoms with Gasteiger partial charge < -0.3 is 20.5 Å². The third kappa shape index (κ3) is 7.43. The first kappa shape index (κ1) is 27.5. The summed E-state index contributed by atoms with van der Waals surface area (Å²) in [6.45, 7) is 6.09. The third-order valence-corrected chi connectivity index (χ3v) is 5.68. The molecule has 1 aromatic heterocycles. The van der Waals surface area contributed by atoms with E-state index in [2.05, 4.69) is 37.1 Å². The van der Waals surface area contributed by atoms with Crippen LogP contribution in [0.1, 0.15) is 48.3 Å². The molecular weight excluding hydrogens is 540 g/mol. The van der Waals surface area contributed by atoms with Crippen LogP contribution in [0.15, 0.2) is 65.4 Å². The Morgan fingerprint density at radius 2 is 1.81 bits per heavy atom. The van der Waals surface area contributed by atoms with E-state index in [9.17, 15) is 9.59 Å². The number of rotatable bonds is 10. The van der Waals surface area contributed by atoms with Gasteiger partial charge in [0.2, 0.25) is 0 Å². The largest absolute Gasteiger partial charge is 0.490 e. The molecule has 3 rings (SSSR count). The lowest BCUT2D eigenvalue weighted by Crippen LogP contribution is -2.45. The van der Waals surface area contributed by atoms with Gasteiger partial charge in [0.05, 0.1) is 18.3 Å². The molecule has 1 unspecified atom stereocenters. The van der Waals surface area contributed by atoms with Crippen LogP contribution in [0, 0.1) is 5.41 Å². The summed E-state index contributed by atoms with van der Waals surface area (Å²) in [5.41, 5.74) is 12.5. The number of hydrazine groups is 1. The van der Waals surface area contributed by atoms with Crippen LogP contribution in [0.4, 0.5) is 5.69 Å². The molecule has 11 heteroatoms. The third-order valence-electron chi connectivity index (χ3n) is 5.05. The number of hydrogen-bond donors (Lipinski definition) is 5. The zero-order valence-corrected chi connectivity index (χ0v) is 22.3. The number of pyridine rings is 1. The van der Waals surface area contributed by atoms with Crippen molar-refractivity contribution in [2.75, 3.05) is 11.9 Å². The van der Waals surface area contributed by atoms with Crippen molar-refractivity contribution in [1.29, 1.82) is 5.41 Å². The molecule has 194 valence electrons. The predicted octanol–water partition coefficient (Wildman–Crippen LogP) is 3.93. The maximum absolute atomic E-state index is 13.3. The number of benzene rings is 2. The van der Waals surface area contributed by atoms with E-state index in [4.69, 9.17) is 20.6 Å². The minimum atomic E-state index is -0.920. The molecule has 0 radical (unpaired) electrons. The van der Waals surface area contributed by atoms with Gasteiger partial charge in [-0.2, -0.15) is 0 Å². The fourth-order valence-electron chi connectivity index (χ4n) is 3.35. The highest BCUT2D eigenvalue weighted by molar-refractivity contribution is 9.10. The van der Waals surface area contributed by atoms with Crippen molar-refractivity contribution in [3.8, 4) is 11.5 Å². The van der Waals surface area contributed by atoms with Crippen molar-refractivity contribution < 1.29 is 19.1 Å². The summed E-state index contributed by atoms with van der Waals surface area (Å²) in [6, 6.07) is 12.6. The molecule has 6 N–H and O–H groups in total. The number of amides is 2. The number of halogens is 1. The van der Waals surface area contributed by atoms with E-state index in [1.54, 1.807) is 42.5 Å². The number of amidine groups is 1. The van der Waals surface area contributed by atoms with Gasteiger partial charge in [-0.1, -0.05) is 6.07 Å². The van der Waals surface area contributed by atoms with Crippen LogP contribution in [-0.4, -0.2) is 35.3 Å². The van der Waals surface area contributed by atoms with Gasteiger partial charge in [-0.25, -0.2) is 0 Å². The predicted molar refractivity (Wildman–Crippen MR) is 145 cm³/mol. The number of nitrogens with zero attached hydrogens (tertiary/aromatic N) is 1. The second-order valence-electron chi connectivity index (χ2n) is 8.17. The molecule has 2 amide bonds. The van der Waals surface area contributed by atoms with Crippen LogP contribution < -0.4 is 31.4 Å². The lowest BCUT2D eigenvalue weighted by atomic mass is 10.0. The fraction of sp³-hybridized carbons (Fsp3) is 0.231. The van der Waals surface area contributed by atoms with E-state index in [1.165, 1.54) is 18.5 Å². The molecule has 1 atom stereocenters. The van der Waals surface area contributed by atoms with Gasteiger partial charge in [0.1, 0.15) is 11.9 Å². The number of nitrogens with one attached hydrogen (secondary N) is 4. The van der Waals surface area contributed by atoms with Crippen LogP contribution in [0.2, 0.25) is 0 Å². The van der Waals surface area contributed by atoms with Crippen molar-refractivity contribution in [2.45, 2.75) is 32.9 Å². The van der Waals surface area contributed by atoms with E-state index < -0.39 is 17.9 Å². The van der Waals surface area contributed by atoms with Gasteiger partial charge in [0.25, 0.3) is 11.8 Å². The molecule has 0 aliphatic carbocycles. The molecule has 0 saturated carbocycles. The molecule has 0 aliphatic heterocycles. The summed E-state index contributed by atoms with van der Waals surface area (Å²) in [5, 5.41) is 10.8.